The van der Waals surface area contributed by atoms with Crippen LogP contribution in [-0.4, -0.2) is 28.8 Å². The summed E-state index contributed by atoms with van der Waals surface area (Å²) < 4.78 is 0. The van der Waals surface area contributed by atoms with E-state index in [2.05, 4.69) is 5.32 Å². The lowest BCUT2D eigenvalue weighted by atomic mass is 10.00. The number of carbonyl (C=O) groups is 3. The maximum atomic E-state index is 12.1. The Bertz CT molecular complexity index is 522. The molecule has 0 unspecified atom stereocenters. The lowest BCUT2D eigenvalue weighted by Gasteiger charge is -2.20. The molecule has 1 rings (SSSR count). The van der Waals surface area contributed by atoms with Gasteiger partial charge < -0.3 is 10.4 Å². The molecule has 0 aliphatic rings. The first-order valence-electron chi connectivity index (χ1n) is 6.45. The van der Waals surface area contributed by atoms with Crippen molar-refractivity contribution in [3.8, 4) is 0 Å². The summed E-state index contributed by atoms with van der Waals surface area (Å²) in [4.78, 5) is 34.2. The molecule has 1 aromatic rings. The molecule has 20 heavy (non-hydrogen) atoms. The molecular weight excluding hydrogens is 258 g/mol. The number of hydrogen-bond acceptors (Lipinski definition) is 3. The molecule has 0 bridgehead atoms. The number of ketones is 1. The largest absolute Gasteiger partial charge is 0.481 e. The van der Waals surface area contributed by atoms with E-state index in [4.69, 9.17) is 5.11 Å². The molecule has 0 aliphatic heterocycles. The Labute approximate surface area is 118 Å². The molecule has 0 fully saturated rings. The molecule has 5 heteroatoms. The normalized spacial score (nSPS) is 12.0. The highest BCUT2D eigenvalue weighted by molar-refractivity contribution is 5.99. The second-order valence-corrected chi connectivity index (χ2v) is 5.06. The Balaban J connectivity index is 2.86. The van der Waals surface area contributed by atoms with Gasteiger partial charge in [-0.3, -0.25) is 14.4 Å². The highest BCUT2D eigenvalue weighted by Crippen LogP contribution is 2.10. The van der Waals surface area contributed by atoms with E-state index in [1.54, 1.807) is 18.2 Å². The van der Waals surface area contributed by atoms with E-state index in [0.29, 0.717) is 11.1 Å². The fourth-order valence-corrected chi connectivity index (χ4v) is 1.77. The number of carboxylic acids is 1. The summed E-state index contributed by atoms with van der Waals surface area (Å²) >= 11 is 0. The Morgan fingerprint density at radius 2 is 1.80 bits per heavy atom. The van der Waals surface area contributed by atoms with Crippen LogP contribution in [0.15, 0.2) is 24.3 Å². The molecule has 0 saturated heterocycles. The average molecular weight is 277 g/mol. The zero-order valence-electron chi connectivity index (χ0n) is 11.8. The number of hydrogen-bond donors (Lipinski definition) is 2. The summed E-state index contributed by atoms with van der Waals surface area (Å²) in [5.74, 6) is -1.44. The molecule has 0 heterocycles. The van der Waals surface area contributed by atoms with E-state index >= 15 is 0 Å². The van der Waals surface area contributed by atoms with Crippen LogP contribution >= 0.6 is 0 Å². The lowest BCUT2D eigenvalue weighted by Crippen LogP contribution is -2.40. The van der Waals surface area contributed by atoms with Crippen molar-refractivity contribution in [2.75, 3.05) is 0 Å². The van der Waals surface area contributed by atoms with Crippen LogP contribution in [0.25, 0.3) is 0 Å². The van der Waals surface area contributed by atoms with Gasteiger partial charge in [-0.05, 0) is 25.0 Å². The van der Waals surface area contributed by atoms with Gasteiger partial charge in [0.25, 0.3) is 5.91 Å². The highest BCUT2D eigenvalue weighted by atomic mass is 16.4. The number of carbonyl (C=O) groups excluding carboxylic acids is 2. The molecule has 0 radical (unpaired) electrons. The summed E-state index contributed by atoms with van der Waals surface area (Å²) in [5.41, 5.74) is 0.811. The van der Waals surface area contributed by atoms with Crippen LogP contribution in [0.3, 0.4) is 0 Å². The monoisotopic (exact) mass is 277 g/mol. The smallest absolute Gasteiger partial charge is 0.305 e. The van der Waals surface area contributed by atoms with Crippen molar-refractivity contribution in [1.82, 2.24) is 5.32 Å². The summed E-state index contributed by atoms with van der Waals surface area (Å²) in [7, 11) is 0. The molecule has 108 valence electrons. The topological polar surface area (TPSA) is 83.5 Å². The minimum atomic E-state index is -0.957. The molecule has 0 aromatic heterocycles. The summed E-state index contributed by atoms with van der Waals surface area (Å²) in [5, 5.41) is 11.5. The molecule has 1 amide bonds. The predicted molar refractivity (Wildman–Crippen MR) is 74.8 cm³/mol. The zero-order valence-corrected chi connectivity index (χ0v) is 11.8. The molecule has 0 aliphatic carbocycles. The van der Waals surface area contributed by atoms with E-state index in [9.17, 15) is 14.4 Å². The molecule has 0 spiro atoms. The minimum absolute atomic E-state index is 0.00559. The molecule has 2 N–H and O–H groups in total. The van der Waals surface area contributed by atoms with E-state index < -0.39 is 12.0 Å². The van der Waals surface area contributed by atoms with Crippen molar-refractivity contribution in [2.45, 2.75) is 33.2 Å². The number of benzene rings is 1. The fourth-order valence-electron chi connectivity index (χ4n) is 1.77. The minimum Gasteiger partial charge on any atom is -0.481 e. The van der Waals surface area contributed by atoms with E-state index in [1.165, 1.54) is 13.0 Å². The Morgan fingerprint density at radius 3 is 2.30 bits per heavy atom. The maximum Gasteiger partial charge on any atom is 0.305 e. The number of rotatable bonds is 6. The van der Waals surface area contributed by atoms with Gasteiger partial charge in [0.1, 0.15) is 0 Å². The third-order valence-corrected chi connectivity index (χ3v) is 3.05. The first-order valence-corrected chi connectivity index (χ1v) is 6.45. The van der Waals surface area contributed by atoms with Crippen LogP contribution in [-0.2, 0) is 4.79 Å². The van der Waals surface area contributed by atoms with Crippen LogP contribution in [0.5, 0.6) is 0 Å². The average Bonchev–Trinajstić information content (AvgIpc) is 2.37. The van der Waals surface area contributed by atoms with Gasteiger partial charge in [-0.15, -0.1) is 0 Å². The van der Waals surface area contributed by atoms with Crippen LogP contribution < -0.4 is 5.32 Å². The highest BCUT2D eigenvalue weighted by Gasteiger charge is 2.20. The van der Waals surface area contributed by atoms with Gasteiger partial charge in [0.05, 0.1) is 6.42 Å². The van der Waals surface area contributed by atoms with Gasteiger partial charge in [-0.2, -0.15) is 0 Å². The van der Waals surface area contributed by atoms with Crippen molar-refractivity contribution >= 4 is 17.7 Å². The van der Waals surface area contributed by atoms with Gasteiger partial charge >= 0.3 is 5.97 Å². The maximum absolute atomic E-state index is 12.1. The van der Waals surface area contributed by atoms with E-state index in [0.717, 1.165) is 0 Å². The molecule has 1 atom stereocenters. The second kappa shape index (κ2) is 6.84. The number of nitrogens with one attached hydrogen (secondary N) is 1. The van der Waals surface area contributed by atoms with E-state index in [-0.39, 0.29) is 24.0 Å². The van der Waals surface area contributed by atoms with Crippen LogP contribution in [0.1, 0.15) is 47.9 Å². The number of Topliss-reactive ketones (excluding diaryl/α,β-unsaturated/α-hetero) is 1. The summed E-state index contributed by atoms with van der Waals surface area (Å²) in [6.45, 7) is 5.12. The standard InChI is InChI=1S/C15H19NO4/c1-9(2)13(8-14(18)19)16-15(20)12-6-4-5-11(7-12)10(3)17/h4-7,9,13H,8H2,1-3H3,(H,16,20)(H,18,19)/t13-/m1/s1. The lowest BCUT2D eigenvalue weighted by molar-refractivity contribution is -0.137. The Morgan fingerprint density at radius 1 is 1.20 bits per heavy atom. The quantitative estimate of drug-likeness (QED) is 0.780. The zero-order chi connectivity index (χ0) is 15.3. The second-order valence-electron chi connectivity index (χ2n) is 5.06. The van der Waals surface area contributed by atoms with Crippen molar-refractivity contribution in [2.24, 2.45) is 5.92 Å². The summed E-state index contributed by atoms with van der Waals surface area (Å²) in [6, 6.07) is 5.93. The third-order valence-electron chi connectivity index (χ3n) is 3.05. The van der Waals surface area contributed by atoms with Gasteiger partial charge in [0.15, 0.2) is 5.78 Å². The van der Waals surface area contributed by atoms with Gasteiger partial charge in [-0.1, -0.05) is 26.0 Å². The first-order chi connectivity index (χ1) is 9.31. The van der Waals surface area contributed by atoms with Crippen LogP contribution in [0, 0.1) is 5.92 Å². The van der Waals surface area contributed by atoms with Crippen molar-refractivity contribution in [1.29, 1.82) is 0 Å². The number of aliphatic carboxylic acids is 1. The molecule has 1 aromatic carbocycles. The number of amides is 1. The fraction of sp³-hybridized carbons (Fsp3) is 0.400. The molecular formula is C15H19NO4. The Hall–Kier alpha value is -2.17. The van der Waals surface area contributed by atoms with Crippen molar-refractivity contribution in [3.63, 3.8) is 0 Å². The van der Waals surface area contributed by atoms with Crippen LogP contribution in [0.4, 0.5) is 0 Å². The van der Waals surface area contributed by atoms with Gasteiger partial charge in [0, 0.05) is 17.2 Å². The van der Waals surface area contributed by atoms with Crippen molar-refractivity contribution in [3.05, 3.63) is 35.4 Å². The van der Waals surface area contributed by atoms with Crippen molar-refractivity contribution < 1.29 is 19.5 Å². The molecule has 0 saturated carbocycles. The Kier molecular flexibility index (Phi) is 5.43. The summed E-state index contributed by atoms with van der Waals surface area (Å²) in [6.07, 6.45) is -0.129. The SMILES string of the molecule is CC(=O)c1cccc(C(=O)N[C@H](CC(=O)O)C(C)C)c1. The van der Waals surface area contributed by atoms with Crippen LogP contribution in [0.2, 0.25) is 0 Å². The van der Waals surface area contributed by atoms with E-state index in [1.807, 2.05) is 13.8 Å². The molecule has 5 nitrogen and oxygen atoms in total. The van der Waals surface area contributed by atoms with Gasteiger partial charge in [-0.25, -0.2) is 0 Å². The predicted octanol–water partition coefficient (Wildman–Crippen LogP) is 2.12. The van der Waals surface area contributed by atoms with Gasteiger partial charge in [0.2, 0.25) is 0 Å². The first kappa shape index (κ1) is 15.9. The third kappa shape index (κ3) is 4.50. The number of carboxylic acid groups (broad SMARTS) is 1.